The van der Waals surface area contributed by atoms with E-state index in [2.05, 4.69) is 23.8 Å². The summed E-state index contributed by atoms with van der Waals surface area (Å²) in [5, 5.41) is 2.04. The van der Waals surface area contributed by atoms with Crippen molar-refractivity contribution >= 4 is 39.3 Å². The molecule has 3 heterocycles. The van der Waals surface area contributed by atoms with Gasteiger partial charge in [0.15, 0.2) is 0 Å². The molecule has 3 rings (SSSR count). The molecule has 0 aliphatic carbocycles. The van der Waals surface area contributed by atoms with Gasteiger partial charge in [-0.3, -0.25) is 0 Å². The average molecular weight is 348 g/mol. The van der Waals surface area contributed by atoms with Crippen molar-refractivity contribution in [1.29, 1.82) is 0 Å². The summed E-state index contributed by atoms with van der Waals surface area (Å²) < 4.78 is 10.3. The highest BCUT2D eigenvalue weighted by molar-refractivity contribution is 7.98. The minimum Gasteiger partial charge on any atom is -0.463 e. The van der Waals surface area contributed by atoms with Crippen LogP contribution in [0.1, 0.15) is 32.3 Å². The van der Waals surface area contributed by atoms with E-state index in [-0.39, 0.29) is 5.76 Å². The number of thiophene rings is 1. The zero-order chi connectivity index (χ0) is 16.6. The lowest BCUT2D eigenvalue weighted by molar-refractivity contribution is 0.0562. The van der Waals surface area contributed by atoms with Crippen molar-refractivity contribution in [2.75, 3.05) is 7.11 Å². The maximum Gasteiger partial charge on any atom is 0.374 e. The van der Waals surface area contributed by atoms with Crippen LogP contribution in [0.25, 0.3) is 10.2 Å². The highest BCUT2D eigenvalue weighted by Gasteiger charge is 2.17. The lowest BCUT2D eigenvalue weighted by Crippen LogP contribution is -2.00. The number of nitrogens with zero attached hydrogens (tertiary/aromatic N) is 2. The number of aromatic nitrogens is 2. The minimum atomic E-state index is -0.451. The number of ether oxygens (including phenoxy) is 1. The molecular formula is C16H16N2O3S2. The van der Waals surface area contributed by atoms with Crippen LogP contribution in [-0.2, 0) is 10.5 Å². The summed E-state index contributed by atoms with van der Waals surface area (Å²) in [5.41, 5.74) is 2.00. The molecule has 0 amide bonds. The van der Waals surface area contributed by atoms with Crippen molar-refractivity contribution in [2.24, 2.45) is 0 Å². The largest absolute Gasteiger partial charge is 0.463 e. The Kier molecular flexibility index (Phi) is 4.41. The van der Waals surface area contributed by atoms with Gasteiger partial charge in [-0.1, -0.05) is 11.8 Å². The highest BCUT2D eigenvalue weighted by atomic mass is 32.2. The molecule has 0 aliphatic heterocycles. The van der Waals surface area contributed by atoms with Gasteiger partial charge < -0.3 is 9.15 Å². The van der Waals surface area contributed by atoms with Gasteiger partial charge in [-0.25, -0.2) is 14.8 Å². The lowest BCUT2D eigenvalue weighted by Gasteiger charge is -2.01. The fourth-order valence-electron chi connectivity index (χ4n) is 2.31. The Morgan fingerprint density at radius 2 is 2.13 bits per heavy atom. The zero-order valence-corrected chi connectivity index (χ0v) is 14.9. The molecule has 0 spiro atoms. The number of carbonyl (C=O) groups is 1. The summed E-state index contributed by atoms with van der Waals surface area (Å²) in [6.07, 6.45) is 1.59. The third-order valence-corrected chi connectivity index (χ3v) is 5.75. The van der Waals surface area contributed by atoms with Crippen molar-refractivity contribution in [3.05, 3.63) is 39.9 Å². The van der Waals surface area contributed by atoms with E-state index < -0.39 is 5.97 Å². The Bertz CT molecular complexity index is 883. The number of methoxy groups -OCH3 is 1. The molecule has 0 saturated carbocycles. The molecule has 0 saturated heterocycles. The second-order valence-corrected chi connectivity index (χ2v) is 7.31. The summed E-state index contributed by atoms with van der Waals surface area (Å²) >= 11 is 3.26. The Labute approximate surface area is 142 Å². The number of carbonyl (C=O) groups excluding carboxylic acids is 1. The molecule has 0 aliphatic rings. The SMILES string of the molecule is COC(=O)c1oc(CSc2ncnc3sc(C)c(C)c23)cc1C. The third kappa shape index (κ3) is 2.98. The van der Waals surface area contributed by atoms with E-state index in [0.29, 0.717) is 5.75 Å². The van der Waals surface area contributed by atoms with Crippen molar-refractivity contribution in [3.63, 3.8) is 0 Å². The predicted octanol–water partition coefficient (Wildman–Crippen LogP) is 4.29. The van der Waals surface area contributed by atoms with Gasteiger partial charge in [-0.15, -0.1) is 11.3 Å². The topological polar surface area (TPSA) is 65.2 Å². The number of rotatable bonds is 4. The standard InChI is InChI=1S/C16H16N2O3S2/c1-8-5-11(21-13(8)16(19)20-4)6-22-14-12-9(2)10(3)23-15(12)18-7-17-14/h5,7H,6H2,1-4H3. The number of esters is 1. The number of thioether (sulfide) groups is 1. The molecule has 0 atom stereocenters. The minimum absolute atomic E-state index is 0.262. The molecule has 0 radical (unpaired) electrons. The average Bonchev–Trinajstić information content (AvgIpc) is 3.05. The number of fused-ring (bicyclic) bond motifs is 1. The van der Waals surface area contributed by atoms with Crippen molar-refractivity contribution < 1.29 is 13.9 Å². The van der Waals surface area contributed by atoms with Crippen LogP contribution in [0.15, 0.2) is 21.8 Å². The van der Waals surface area contributed by atoms with E-state index in [1.165, 1.54) is 17.6 Å². The van der Waals surface area contributed by atoms with Crippen molar-refractivity contribution in [2.45, 2.75) is 31.6 Å². The van der Waals surface area contributed by atoms with E-state index in [4.69, 9.17) is 9.15 Å². The maximum absolute atomic E-state index is 11.6. The van der Waals surface area contributed by atoms with E-state index in [1.807, 2.05) is 13.0 Å². The molecule has 0 bridgehead atoms. The van der Waals surface area contributed by atoms with Gasteiger partial charge >= 0.3 is 5.97 Å². The summed E-state index contributed by atoms with van der Waals surface area (Å²) in [6.45, 7) is 6.02. The van der Waals surface area contributed by atoms with E-state index in [0.717, 1.165) is 26.6 Å². The van der Waals surface area contributed by atoms with Gasteiger partial charge in [-0.05, 0) is 32.4 Å². The molecule has 0 fully saturated rings. The Morgan fingerprint density at radius 1 is 1.35 bits per heavy atom. The van der Waals surface area contributed by atoms with Crippen LogP contribution in [0.5, 0.6) is 0 Å². The molecule has 3 aromatic rings. The van der Waals surface area contributed by atoms with Crippen LogP contribution in [0, 0.1) is 20.8 Å². The maximum atomic E-state index is 11.6. The number of hydrogen-bond acceptors (Lipinski definition) is 7. The van der Waals surface area contributed by atoms with Gasteiger partial charge in [0, 0.05) is 15.8 Å². The van der Waals surface area contributed by atoms with Crippen LogP contribution in [0.2, 0.25) is 0 Å². The molecular weight excluding hydrogens is 332 g/mol. The summed E-state index contributed by atoms with van der Waals surface area (Å²) in [7, 11) is 1.35. The summed E-state index contributed by atoms with van der Waals surface area (Å²) in [5.74, 6) is 1.13. The first kappa shape index (κ1) is 16.0. The Balaban J connectivity index is 1.85. The first-order chi connectivity index (χ1) is 11.0. The lowest BCUT2D eigenvalue weighted by atomic mass is 10.2. The summed E-state index contributed by atoms with van der Waals surface area (Å²) in [6, 6.07) is 1.86. The monoisotopic (exact) mass is 348 g/mol. The quantitative estimate of drug-likeness (QED) is 0.398. The van der Waals surface area contributed by atoms with Gasteiger partial charge in [0.05, 0.1) is 12.9 Å². The third-order valence-electron chi connectivity index (χ3n) is 3.62. The van der Waals surface area contributed by atoms with Crippen LogP contribution in [-0.4, -0.2) is 23.0 Å². The second kappa shape index (κ2) is 6.33. The number of aryl methyl sites for hydroxylation is 3. The normalized spacial score (nSPS) is 11.1. The molecule has 3 aromatic heterocycles. The number of furan rings is 1. The van der Waals surface area contributed by atoms with Crippen LogP contribution in [0.4, 0.5) is 0 Å². The van der Waals surface area contributed by atoms with E-state index >= 15 is 0 Å². The molecule has 120 valence electrons. The van der Waals surface area contributed by atoms with Crippen LogP contribution >= 0.6 is 23.1 Å². The number of hydrogen-bond donors (Lipinski definition) is 0. The fourth-order valence-corrected chi connectivity index (χ4v) is 4.31. The van der Waals surface area contributed by atoms with E-state index in [9.17, 15) is 4.79 Å². The van der Waals surface area contributed by atoms with Gasteiger partial charge in [-0.2, -0.15) is 0 Å². The predicted molar refractivity (Wildman–Crippen MR) is 91.2 cm³/mol. The smallest absolute Gasteiger partial charge is 0.374 e. The zero-order valence-electron chi connectivity index (χ0n) is 13.3. The van der Waals surface area contributed by atoms with Crippen molar-refractivity contribution in [3.8, 4) is 0 Å². The van der Waals surface area contributed by atoms with E-state index in [1.54, 1.807) is 29.4 Å². The van der Waals surface area contributed by atoms with Gasteiger partial charge in [0.25, 0.3) is 0 Å². The molecule has 0 N–H and O–H groups in total. The van der Waals surface area contributed by atoms with Crippen molar-refractivity contribution in [1.82, 2.24) is 9.97 Å². The Hall–Kier alpha value is -1.86. The highest BCUT2D eigenvalue weighted by Crippen LogP contribution is 2.35. The van der Waals surface area contributed by atoms with Gasteiger partial charge in [0.2, 0.25) is 5.76 Å². The first-order valence-electron chi connectivity index (χ1n) is 7.02. The Morgan fingerprint density at radius 3 is 2.87 bits per heavy atom. The molecule has 5 nitrogen and oxygen atoms in total. The van der Waals surface area contributed by atoms with Gasteiger partial charge in [0.1, 0.15) is 21.9 Å². The van der Waals surface area contributed by atoms with Crippen LogP contribution < -0.4 is 0 Å². The second-order valence-electron chi connectivity index (χ2n) is 5.15. The molecule has 0 aromatic carbocycles. The summed E-state index contributed by atoms with van der Waals surface area (Å²) in [4.78, 5) is 22.6. The molecule has 0 unspecified atom stereocenters. The van der Waals surface area contributed by atoms with Crippen LogP contribution in [0.3, 0.4) is 0 Å². The molecule has 23 heavy (non-hydrogen) atoms. The first-order valence-corrected chi connectivity index (χ1v) is 8.82. The molecule has 7 heteroatoms. The fraction of sp³-hybridized carbons (Fsp3) is 0.312.